The molecule has 0 spiro atoms. The minimum absolute atomic E-state index is 0.228. The van der Waals surface area contributed by atoms with Crippen LogP contribution in [0.15, 0.2) is 54.6 Å². The van der Waals surface area contributed by atoms with E-state index in [4.69, 9.17) is 4.74 Å². The molecule has 0 aromatic heterocycles. The second-order valence-corrected chi connectivity index (χ2v) is 6.27. The number of carbonyl (C=O) groups excluding carboxylic acids is 1. The quantitative estimate of drug-likeness (QED) is 0.867. The van der Waals surface area contributed by atoms with E-state index in [0.717, 1.165) is 24.3 Å². The number of hydrogen-bond acceptors (Lipinski definition) is 2. The molecule has 1 saturated carbocycles. The number of amides is 1. The maximum Gasteiger partial charge on any atom is 0.233 e. The molecule has 2 aromatic carbocycles. The van der Waals surface area contributed by atoms with Crippen LogP contribution in [0.2, 0.25) is 0 Å². The van der Waals surface area contributed by atoms with Crippen LogP contribution in [0, 0.1) is 5.92 Å². The monoisotopic (exact) mass is 293 g/mol. The molecule has 0 radical (unpaired) electrons. The summed E-state index contributed by atoms with van der Waals surface area (Å²) in [5.41, 5.74) is 2.11. The molecule has 1 amide bonds. The normalized spacial score (nSPS) is 26.0. The number of likely N-dealkylation sites (tertiary alicyclic amines) is 1. The lowest BCUT2D eigenvalue weighted by molar-refractivity contribution is -0.131. The van der Waals surface area contributed by atoms with Crippen molar-refractivity contribution < 1.29 is 9.53 Å². The first-order valence-corrected chi connectivity index (χ1v) is 7.72. The van der Waals surface area contributed by atoms with Crippen molar-refractivity contribution in [2.24, 2.45) is 5.92 Å². The first-order chi connectivity index (χ1) is 10.7. The van der Waals surface area contributed by atoms with Crippen molar-refractivity contribution in [2.45, 2.75) is 18.4 Å². The number of rotatable bonds is 4. The Morgan fingerprint density at radius 1 is 1.14 bits per heavy atom. The zero-order chi connectivity index (χ0) is 15.2. The third kappa shape index (κ3) is 1.92. The molecule has 2 aromatic rings. The Balaban J connectivity index is 1.53. The van der Waals surface area contributed by atoms with Crippen molar-refractivity contribution >= 4 is 5.91 Å². The predicted octanol–water partition coefficient (Wildman–Crippen LogP) is 3.00. The lowest BCUT2D eigenvalue weighted by Crippen LogP contribution is -2.33. The van der Waals surface area contributed by atoms with Crippen LogP contribution in [0.3, 0.4) is 0 Å². The molecule has 2 fully saturated rings. The average molecular weight is 293 g/mol. The van der Waals surface area contributed by atoms with Crippen LogP contribution in [-0.2, 0) is 16.8 Å². The third-order valence-corrected chi connectivity index (χ3v) is 5.04. The Hall–Kier alpha value is -2.29. The van der Waals surface area contributed by atoms with E-state index in [1.54, 1.807) is 7.11 Å². The number of benzene rings is 2. The van der Waals surface area contributed by atoms with E-state index in [9.17, 15) is 4.79 Å². The van der Waals surface area contributed by atoms with Gasteiger partial charge < -0.3 is 9.64 Å². The van der Waals surface area contributed by atoms with Gasteiger partial charge in [-0.05, 0) is 35.6 Å². The van der Waals surface area contributed by atoms with Gasteiger partial charge in [-0.3, -0.25) is 4.79 Å². The van der Waals surface area contributed by atoms with Gasteiger partial charge in [0, 0.05) is 13.1 Å². The molecule has 1 saturated heterocycles. The molecule has 0 unspecified atom stereocenters. The van der Waals surface area contributed by atoms with Crippen molar-refractivity contribution in [3.63, 3.8) is 0 Å². The van der Waals surface area contributed by atoms with Gasteiger partial charge in [-0.1, -0.05) is 42.5 Å². The highest BCUT2D eigenvalue weighted by molar-refractivity contribution is 5.94. The van der Waals surface area contributed by atoms with Crippen molar-refractivity contribution in [1.29, 1.82) is 0 Å². The Morgan fingerprint density at radius 3 is 2.55 bits per heavy atom. The van der Waals surface area contributed by atoms with Gasteiger partial charge >= 0.3 is 0 Å². The minimum atomic E-state index is -0.228. The molecule has 22 heavy (non-hydrogen) atoms. The van der Waals surface area contributed by atoms with Crippen LogP contribution in [0.5, 0.6) is 5.75 Å². The SMILES string of the molecule is COc1ccc(CN2C[C@@H]3C[C@]3(c3ccccc3)C2=O)cc1. The summed E-state index contributed by atoms with van der Waals surface area (Å²) in [4.78, 5) is 14.9. The van der Waals surface area contributed by atoms with E-state index >= 15 is 0 Å². The first kappa shape index (κ1) is 13.4. The first-order valence-electron chi connectivity index (χ1n) is 7.72. The molecule has 0 N–H and O–H groups in total. The Labute approximate surface area is 130 Å². The number of piperidine rings is 1. The summed E-state index contributed by atoms with van der Waals surface area (Å²) < 4.78 is 5.18. The van der Waals surface area contributed by atoms with Gasteiger partial charge in [0.15, 0.2) is 0 Å². The molecular formula is C19H19NO2. The fraction of sp³-hybridized carbons (Fsp3) is 0.316. The van der Waals surface area contributed by atoms with Crippen molar-refractivity contribution in [1.82, 2.24) is 4.90 Å². The van der Waals surface area contributed by atoms with Crippen LogP contribution in [0.1, 0.15) is 17.5 Å². The molecule has 1 aliphatic carbocycles. The maximum atomic E-state index is 12.9. The van der Waals surface area contributed by atoms with Gasteiger partial charge in [0.05, 0.1) is 12.5 Å². The zero-order valence-electron chi connectivity index (χ0n) is 12.7. The molecular weight excluding hydrogens is 274 g/mol. The highest BCUT2D eigenvalue weighted by Crippen LogP contribution is 2.59. The van der Waals surface area contributed by atoms with E-state index in [1.165, 1.54) is 5.56 Å². The summed E-state index contributed by atoms with van der Waals surface area (Å²) >= 11 is 0. The van der Waals surface area contributed by atoms with Crippen LogP contribution >= 0.6 is 0 Å². The highest BCUT2D eigenvalue weighted by atomic mass is 16.5. The molecule has 2 aliphatic rings. The van der Waals surface area contributed by atoms with Crippen LogP contribution in [0.4, 0.5) is 0 Å². The van der Waals surface area contributed by atoms with Crippen molar-refractivity contribution in [3.8, 4) is 5.75 Å². The van der Waals surface area contributed by atoms with E-state index in [-0.39, 0.29) is 5.41 Å². The zero-order valence-corrected chi connectivity index (χ0v) is 12.7. The van der Waals surface area contributed by atoms with E-state index in [1.807, 2.05) is 47.4 Å². The number of hydrogen-bond donors (Lipinski definition) is 0. The Kier molecular flexibility index (Phi) is 2.96. The van der Waals surface area contributed by atoms with Gasteiger partial charge in [-0.15, -0.1) is 0 Å². The Morgan fingerprint density at radius 2 is 1.86 bits per heavy atom. The number of fused-ring (bicyclic) bond motifs is 1. The Bertz CT molecular complexity index is 695. The summed E-state index contributed by atoms with van der Waals surface area (Å²) in [6.45, 7) is 1.56. The smallest absolute Gasteiger partial charge is 0.233 e. The molecule has 0 bridgehead atoms. The predicted molar refractivity (Wildman–Crippen MR) is 84.6 cm³/mol. The number of ether oxygens (including phenoxy) is 1. The van der Waals surface area contributed by atoms with Crippen molar-refractivity contribution in [3.05, 3.63) is 65.7 Å². The summed E-state index contributed by atoms with van der Waals surface area (Å²) in [7, 11) is 1.66. The van der Waals surface area contributed by atoms with Gasteiger partial charge in [0.1, 0.15) is 5.75 Å². The minimum Gasteiger partial charge on any atom is -0.497 e. The largest absolute Gasteiger partial charge is 0.497 e. The average Bonchev–Trinajstić information content (AvgIpc) is 3.24. The third-order valence-electron chi connectivity index (χ3n) is 5.04. The topological polar surface area (TPSA) is 29.5 Å². The van der Waals surface area contributed by atoms with E-state index < -0.39 is 0 Å². The number of carbonyl (C=O) groups is 1. The van der Waals surface area contributed by atoms with Gasteiger partial charge in [0.25, 0.3) is 0 Å². The lowest BCUT2D eigenvalue weighted by atomic mass is 9.94. The van der Waals surface area contributed by atoms with Crippen LogP contribution in [-0.4, -0.2) is 24.5 Å². The second kappa shape index (κ2) is 4.87. The molecule has 2 atom stereocenters. The maximum absolute atomic E-state index is 12.9. The van der Waals surface area contributed by atoms with Gasteiger partial charge in [-0.25, -0.2) is 0 Å². The van der Waals surface area contributed by atoms with Crippen LogP contribution < -0.4 is 4.74 Å². The summed E-state index contributed by atoms with van der Waals surface area (Å²) in [6, 6.07) is 18.2. The van der Waals surface area contributed by atoms with Crippen molar-refractivity contribution in [2.75, 3.05) is 13.7 Å². The standard InChI is InChI=1S/C19H19NO2/c1-22-17-9-7-14(8-10-17)12-20-13-16-11-19(16,18(20)21)15-5-3-2-4-6-15/h2-10,16H,11-13H2,1H3/t16-,19+/m0/s1. The molecule has 1 aliphatic heterocycles. The fourth-order valence-electron chi connectivity index (χ4n) is 3.74. The molecule has 3 heteroatoms. The summed E-state index contributed by atoms with van der Waals surface area (Å²) in [5, 5.41) is 0. The molecule has 112 valence electrons. The van der Waals surface area contributed by atoms with Crippen LogP contribution in [0.25, 0.3) is 0 Å². The van der Waals surface area contributed by atoms with Gasteiger partial charge in [-0.2, -0.15) is 0 Å². The summed E-state index contributed by atoms with van der Waals surface area (Å²) in [6.07, 6.45) is 1.01. The van der Waals surface area contributed by atoms with E-state index in [0.29, 0.717) is 18.4 Å². The summed E-state index contributed by atoms with van der Waals surface area (Å²) in [5.74, 6) is 1.63. The lowest BCUT2D eigenvalue weighted by Gasteiger charge is -2.21. The molecule has 4 rings (SSSR count). The van der Waals surface area contributed by atoms with Gasteiger partial charge in [0.2, 0.25) is 5.91 Å². The number of nitrogens with zero attached hydrogens (tertiary/aromatic N) is 1. The molecule has 1 heterocycles. The highest BCUT2D eigenvalue weighted by Gasteiger charge is 2.67. The molecule has 3 nitrogen and oxygen atoms in total. The van der Waals surface area contributed by atoms with E-state index in [2.05, 4.69) is 12.1 Å². The fourth-order valence-corrected chi connectivity index (χ4v) is 3.74. The second-order valence-electron chi connectivity index (χ2n) is 6.27. The number of methoxy groups -OCH3 is 1.